The van der Waals surface area contributed by atoms with Crippen molar-refractivity contribution < 1.29 is 28.2 Å². The van der Waals surface area contributed by atoms with E-state index in [-0.39, 0.29) is 10.0 Å². The zero-order valence-electron chi connectivity index (χ0n) is 11.4. The lowest BCUT2D eigenvalue weighted by atomic mass is 10.2. The Kier molecular flexibility index (Phi) is 6.29. The van der Waals surface area contributed by atoms with Gasteiger partial charge in [0.15, 0.2) is 0 Å². The Balaban J connectivity index is 3.06. The average molecular weight is 362 g/mol. The van der Waals surface area contributed by atoms with Crippen LogP contribution in [-0.2, 0) is 19.1 Å². The summed E-state index contributed by atoms with van der Waals surface area (Å²) in [5, 5.41) is 0. The fraction of sp³-hybridized carbons (Fsp3) is 0.308. The fourth-order valence-corrected chi connectivity index (χ4v) is 1.85. The molecule has 0 bridgehead atoms. The molecule has 1 rings (SSSR count). The third-order valence-corrected chi connectivity index (χ3v) is 3.18. The average Bonchev–Trinajstić information content (AvgIpc) is 2.48. The molecule has 0 saturated heterocycles. The van der Waals surface area contributed by atoms with Gasteiger partial charge in [-0.15, -0.1) is 0 Å². The summed E-state index contributed by atoms with van der Waals surface area (Å²) in [6.07, 6.45) is 0. The van der Waals surface area contributed by atoms with Crippen molar-refractivity contribution in [3.05, 3.63) is 34.1 Å². The summed E-state index contributed by atoms with van der Waals surface area (Å²) in [7, 11) is 2.28. The molecule has 8 heteroatoms. The minimum Gasteiger partial charge on any atom is -0.468 e. The number of hydrogen-bond acceptors (Lipinski definition) is 5. The number of ether oxygens (including phenoxy) is 2. The van der Waals surface area contributed by atoms with Gasteiger partial charge in [-0.1, -0.05) is 6.07 Å². The molecule has 21 heavy (non-hydrogen) atoms. The first-order valence-electron chi connectivity index (χ1n) is 5.77. The number of carbonyl (C=O) groups is 3. The lowest BCUT2D eigenvalue weighted by Crippen LogP contribution is -2.40. The first-order valence-corrected chi connectivity index (χ1v) is 6.57. The van der Waals surface area contributed by atoms with Crippen molar-refractivity contribution >= 4 is 33.8 Å². The Morgan fingerprint density at radius 1 is 1.14 bits per heavy atom. The highest BCUT2D eigenvalue weighted by atomic mass is 79.9. The van der Waals surface area contributed by atoms with Crippen LogP contribution < -0.4 is 0 Å². The van der Waals surface area contributed by atoms with E-state index < -0.39 is 36.8 Å². The number of benzene rings is 1. The number of amides is 1. The van der Waals surface area contributed by atoms with Gasteiger partial charge in [-0.2, -0.15) is 0 Å². The van der Waals surface area contributed by atoms with E-state index in [0.717, 1.165) is 19.1 Å². The molecule has 114 valence electrons. The first kappa shape index (κ1) is 17.1. The lowest BCUT2D eigenvalue weighted by Gasteiger charge is -2.20. The maximum atomic E-state index is 13.9. The Bertz CT molecular complexity index is 545. The smallest absolute Gasteiger partial charge is 0.325 e. The number of rotatable bonds is 5. The highest BCUT2D eigenvalue weighted by Gasteiger charge is 2.25. The molecule has 0 aliphatic heterocycles. The van der Waals surface area contributed by atoms with Gasteiger partial charge >= 0.3 is 11.9 Å². The van der Waals surface area contributed by atoms with Crippen LogP contribution in [0.5, 0.6) is 0 Å². The van der Waals surface area contributed by atoms with Gasteiger partial charge in [-0.3, -0.25) is 14.4 Å². The standard InChI is InChI=1S/C13H13BrFNO5/c1-20-10(17)6-16(7-11(18)21-2)13(19)8-4-3-5-9(14)12(8)15/h3-5H,6-7H2,1-2H3. The molecule has 0 fully saturated rings. The third-order valence-electron chi connectivity index (χ3n) is 2.56. The molecule has 0 unspecified atom stereocenters. The van der Waals surface area contributed by atoms with Gasteiger partial charge in [-0.05, 0) is 28.1 Å². The SMILES string of the molecule is COC(=O)CN(CC(=O)OC)C(=O)c1cccc(Br)c1F. The van der Waals surface area contributed by atoms with Gasteiger partial charge in [-0.25, -0.2) is 4.39 Å². The van der Waals surface area contributed by atoms with Crippen LogP contribution in [0.1, 0.15) is 10.4 Å². The van der Waals surface area contributed by atoms with E-state index in [1.165, 1.54) is 18.2 Å². The fourth-order valence-electron chi connectivity index (χ4n) is 1.48. The Labute approximate surface area is 128 Å². The predicted octanol–water partition coefficient (Wildman–Crippen LogP) is 1.38. The van der Waals surface area contributed by atoms with E-state index in [2.05, 4.69) is 25.4 Å². The molecule has 0 saturated carbocycles. The summed E-state index contributed by atoms with van der Waals surface area (Å²) < 4.78 is 22.9. The zero-order chi connectivity index (χ0) is 16.0. The van der Waals surface area contributed by atoms with Crippen LogP contribution in [0.25, 0.3) is 0 Å². The predicted molar refractivity (Wildman–Crippen MR) is 74.0 cm³/mol. The number of methoxy groups -OCH3 is 2. The third kappa shape index (κ3) is 4.52. The lowest BCUT2D eigenvalue weighted by molar-refractivity contribution is -0.144. The van der Waals surface area contributed by atoms with Gasteiger partial charge in [0, 0.05) is 0 Å². The van der Waals surface area contributed by atoms with Crippen molar-refractivity contribution in [2.75, 3.05) is 27.3 Å². The van der Waals surface area contributed by atoms with Gasteiger partial charge in [0.1, 0.15) is 18.9 Å². The number of hydrogen-bond donors (Lipinski definition) is 0. The summed E-state index contributed by atoms with van der Waals surface area (Å²) in [6.45, 7) is -0.979. The molecule has 0 spiro atoms. The van der Waals surface area contributed by atoms with Crippen molar-refractivity contribution in [3.8, 4) is 0 Å². The number of nitrogens with zero attached hydrogens (tertiary/aromatic N) is 1. The van der Waals surface area contributed by atoms with E-state index in [1.807, 2.05) is 0 Å². The monoisotopic (exact) mass is 361 g/mol. The number of halogens is 2. The van der Waals surface area contributed by atoms with Crippen LogP contribution in [0.15, 0.2) is 22.7 Å². The van der Waals surface area contributed by atoms with Gasteiger partial charge in [0.05, 0.1) is 24.3 Å². The highest BCUT2D eigenvalue weighted by molar-refractivity contribution is 9.10. The quantitative estimate of drug-likeness (QED) is 0.740. The molecule has 6 nitrogen and oxygen atoms in total. The minimum absolute atomic E-state index is 0.101. The van der Waals surface area contributed by atoms with Crippen molar-refractivity contribution in [2.45, 2.75) is 0 Å². The van der Waals surface area contributed by atoms with Crippen LogP contribution in [0, 0.1) is 5.82 Å². The molecule has 0 atom stereocenters. The van der Waals surface area contributed by atoms with Crippen molar-refractivity contribution in [1.29, 1.82) is 0 Å². The molecule has 0 heterocycles. The molecule has 0 aliphatic carbocycles. The maximum absolute atomic E-state index is 13.9. The van der Waals surface area contributed by atoms with Gasteiger partial charge < -0.3 is 14.4 Å². The van der Waals surface area contributed by atoms with Crippen LogP contribution in [0.2, 0.25) is 0 Å². The molecular formula is C13H13BrFNO5. The molecule has 0 radical (unpaired) electrons. The van der Waals surface area contributed by atoms with E-state index in [1.54, 1.807) is 0 Å². The Morgan fingerprint density at radius 2 is 1.67 bits per heavy atom. The van der Waals surface area contributed by atoms with Crippen LogP contribution in [0.4, 0.5) is 4.39 Å². The first-order chi connectivity index (χ1) is 9.90. The summed E-state index contributed by atoms with van der Waals surface area (Å²) in [5.74, 6) is -3.06. The summed E-state index contributed by atoms with van der Waals surface area (Å²) in [6, 6.07) is 4.15. The second-order valence-corrected chi connectivity index (χ2v) is 4.77. The molecule has 0 aliphatic rings. The highest BCUT2D eigenvalue weighted by Crippen LogP contribution is 2.20. The van der Waals surface area contributed by atoms with Gasteiger partial charge in [0.2, 0.25) is 0 Å². The van der Waals surface area contributed by atoms with Crippen LogP contribution in [0.3, 0.4) is 0 Å². The maximum Gasteiger partial charge on any atom is 0.325 e. The Morgan fingerprint density at radius 3 is 2.14 bits per heavy atom. The second kappa shape index (κ2) is 7.72. The van der Waals surface area contributed by atoms with E-state index in [4.69, 9.17) is 0 Å². The van der Waals surface area contributed by atoms with Crippen molar-refractivity contribution in [2.24, 2.45) is 0 Å². The minimum atomic E-state index is -0.815. The van der Waals surface area contributed by atoms with Crippen molar-refractivity contribution in [3.63, 3.8) is 0 Å². The normalized spacial score (nSPS) is 9.90. The number of esters is 2. The molecule has 0 N–H and O–H groups in total. The summed E-state index contributed by atoms with van der Waals surface area (Å²) >= 11 is 2.96. The summed E-state index contributed by atoms with van der Waals surface area (Å²) in [4.78, 5) is 35.7. The van der Waals surface area contributed by atoms with E-state index >= 15 is 0 Å². The van der Waals surface area contributed by atoms with Crippen LogP contribution >= 0.6 is 15.9 Å². The van der Waals surface area contributed by atoms with Crippen molar-refractivity contribution in [1.82, 2.24) is 4.90 Å². The molecule has 0 aromatic heterocycles. The molecule has 1 amide bonds. The van der Waals surface area contributed by atoms with E-state index in [9.17, 15) is 18.8 Å². The molecule has 1 aromatic rings. The van der Waals surface area contributed by atoms with Gasteiger partial charge in [0.25, 0.3) is 5.91 Å². The summed E-state index contributed by atoms with van der Waals surface area (Å²) in [5.41, 5.74) is -0.266. The van der Waals surface area contributed by atoms with E-state index in [0.29, 0.717) is 0 Å². The Hall–Kier alpha value is -1.96. The largest absolute Gasteiger partial charge is 0.468 e. The molecular weight excluding hydrogens is 349 g/mol. The van der Waals surface area contributed by atoms with Crippen LogP contribution in [-0.4, -0.2) is 50.1 Å². The molecule has 1 aromatic carbocycles. The zero-order valence-corrected chi connectivity index (χ0v) is 13.0. The number of carbonyl (C=O) groups excluding carboxylic acids is 3. The second-order valence-electron chi connectivity index (χ2n) is 3.91. The topological polar surface area (TPSA) is 72.9 Å².